The summed E-state index contributed by atoms with van der Waals surface area (Å²) in [6.45, 7) is 8.57. The molecule has 2 fully saturated rings. The Hall–Kier alpha value is -1.06. The van der Waals surface area contributed by atoms with E-state index in [-0.39, 0.29) is 17.9 Å². The standard InChI is InChI=1S/C14H24N2O2/c1-9(2)7-11-12(17)16(8-10-5-6-10)14(3,4)13(18)15-11/h9-11H,5-8H2,1-4H3,(H,15,18). The number of amides is 2. The fraction of sp³-hybridized carbons (Fsp3) is 0.857. The fourth-order valence-electron chi connectivity index (χ4n) is 2.49. The van der Waals surface area contributed by atoms with Crippen molar-refractivity contribution >= 4 is 11.8 Å². The van der Waals surface area contributed by atoms with E-state index in [0.29, 0.717) is 11.8 Å². The van der Waals surface area contributed by atoms with Crippen LogP contribution in [-0.2, 0) is 9.59 Å². The van der Waals surface area contributed by atoms with Gasteiger partial charge in [-0.15, -0.1) is 0 Å². The number of hydrogen-bond donors (Lipinski definition) is 1. The van der Waals surface area contributed by atoms with Crippen molar-refractivity contribution in [2.75, 3.05) is 6.54 Å². The van der Waals surface area contributed by atoms with Crippen LogP contribution in [0.25, 0.3) is 0 Å². The second-order valence-electron chi connectivity index (χ2n) is 6.61. The topological polar surface area (TPSA) is 49.4 Å². The molecule has 1 heterocycles. The Morgan fingerprint density at radius 1 is 1.33 bits per heavy atom. The summed E-state index contributed by atoms with van der Waals surface area (Å²) in [7, 11) is 0. The molecule has 1 atom stereocenters. The first kappa shape index (κ1) is 13.4. The smallest absolute Gasteiger partial charge is 0.246 e. The van der Waals surface area contributed by atoms with Gasteiger partial charge in [0.25, 0.3) is 0 Å². The van der Waals surface area contributed by atoms with Crippen molar-refractivity contribution in [2.24, 2.45) is 11.8 Å². The van der Waals surface area contributed by atoms with Crippen LogP contribution in [0.4, 0.5) is 0 Å². The zero-order valence-corrected chi connectivity index (χ0v) is 11.8. The third-order valence-electron chi connectivity index (χ3n) is 3.94. The molecule has 2 amide bonds. The van der Waals surface area contributed by atoms with Crippen molar-refractivity contribution in [3.05, 3.63) is 0 Å². The van der Waals surface area contributed by atoms with Gasteiger partial charge >= 0.3 is 0 Å². The lowest BCUT2D eigenvalue weighted by Crippen LogP contribution is -2.68. The average molecular weight is 252 g/mol. The van der Waals surface area contributed by atoms with Crippen molar-refractivity contribution in [2.45, 2.75) is 58.5 Å². The molecule has 102 valence electrons. The van der Waals surface area contributed by atoms with Crippen LogP contribution in [0.1, 0.15) is 47.0 Å². The van der Waals surface area contributed by atoms with Gasteiger partial charge in [0.1, 0.15) is 11.6 Å². The largest absolute Gasteiger partial charge is 0.342 e. The van der Waals surface area contributed by atoms with Crippen molar-refractivity contribution < 1.29 is 9.59 Å². The number of carbonyl (C=O) groups is 2. The van der Waals surface area contributed by atoms with E-state index in [1.54, 1.807) is 4.90 Å². The molecule has 0 aromatic heterocycles. The highest BCUT2D eigenvalue weighted by Crippen LogP contribution is 2.34. The maximum Gasteiger partial charge on any atom is 0.246 e. The van der Waals surface area contributed by atoms with E-state index >= 15 is 0 Å². The molecule has 1 N–H and O–H groups in total. The summed E-state index contributed by atoms with van der Waals surface area (Å²) >= 11 is 0. The number of nitrogens with zero attached hydrogens (tertiary/aromatic N) is 1. The molecule has 2 rings (SSSR count). The van der Waals surface area contributed by atoms with Crippen LogP contribution >= 0.6 is 0 Å². The number of rotatable bonds is 4. The molecule has 0 bridgehead atoms. The molecule has 2 aliphatic rings. The predicted molar refractivity (Wildman–Crippen MR) is 69.9 cm³/mol. The Morgan fingerprint density at radius 3 is 2.44 bits per heavy atom. The second-order valence-corrected chi connectivity index (χ2v) is 6.61. The van der Waals surface area contributed by atoms with Gasteiger partial charge in [0.05, 0.1) is 0 Å². The molecule has 1 unspecified atom stereocenters. The van der Waals surface area contributed by atoms with Crippen LogP contribution < -0.4 is 5.32 Å². The quantitative estimate of drug-likeness (QED) is 0.825. The number of piperazine rings is 1. The third kappa shape index (κ3) is 2.52. The minimum Gasteiger partial charge on any atom is -0.342 e. The zero-order chi connectivity index (χ0) is 13.5. The van der Waals surface area contributed by atoms with Gasteiger partial charge in [-0.05, 0) is 44.9 Å². The Bertz CT molecular complexity index is 359. The molecule has 0 aromatic carbocycles. The van der Waals surface area contributed by atoms with Gasteiger partial charge in [-0.2, -0.15) is 0 Å². The van der Waals surface area contributed by atoms with E-state index < -0.39 is 5.54 Å². The Morgan fingerprint density at radius 2 is 1.94 bits per heavy atom. The van der Waals surface area contributed by atoms with Gasteiger partial charge < -0.3 is 10.2 Å². The molecular formula is C14H24N2O2. The van der Waals surface area contributed by atoms with Crippen LogP contribution in [0, 0.1) is 11.8 Å². The molecule has 0 spiro atoms. The van der Waals surface area contributed by atoms with Crippen molar-refractivity contribution in [1.82, 2.24) is 10.2 Å². The maximum absolute atomic E-state index is 12.5. The van der Waals surface area contributed by atoms with Gasteiger partial charge in [0.2, 0.25) is 11.8 Å². The summed E-state index contributed by atoms with van der Waals surface area (Å²) < 4.78 is 0. The fourth-order valence-corrected chi connectivity index (χ4v) is 2.49. The van der Waals surface area contributed by atoms with E-state index in [4.69, 9.17) is 0 Å². The van der Waals surface area contributed by atoms with Gasteiger partial charge in [-0.25, -0.2) is 0 Å². The number of nitrogens with one attached hydrogen (secondary N) is 1. The lowest BCUT2D eigenvalue weighted by atomic mass is 9.92. The first-order valence-corrected chi connectivity index (χ1v) is 6.94. The highest BCUT2D eigenvalue weighted by atomic mass is 16.2. The maximum atomic E-state index is 12.5. The molecule has 18 heavy (non-hydrogen) atoms. The molecule has 1 aliphatic carbocycles. The molecule has 1 saturated heterocycles. The average Bonchev–Trinajstić information content (AvgIpc) is 3.05. The normalized spacial score (nSPS) is 27.6. The van der Waals surface area contributed by atoms with Crippen LogP contribution in [-0.4, -0.2) is 34.8 Å². The molecule has 1 aliphatic heterocycles. The van der Waals surface area contributed by atoms with E-state index in [9.17, 15) is 9.59 Å². The van der Waals surface area contributed by atoms with Crippen LogP contribution in [0.2, 0.25) is 0 Å². The summed E-state index contributed by atoms with van der Waals surface area (Å²) in [6, 6.07) is -0.329. The first-order chi connectivity index (χ1) is 8.32. The van der Waals surface area contributed by atoms with Crippen molar-refractivity contribution in [3.8, 4) is 0 Å². The summed E-state index contributed by atoms with van der Waals surface area (Å²) in [5.41, 5.74) is -0.701. The van der Waals surface area contributed by atoms with Gasteiger partial charge in [0.15, 0.2) is 0 Å². The lowest BCUT2D eigenvalue weighted by molar-refractivity contribution is -0.156. The summed E-state index contributed by atoms with van der Waals surface area (Å²) in [6.07, 6.45) is 3.11. The van der Waals surface area contributed by atoms with Gasteiger partial charge in [-0.1, -0.05) is 13.8 Å². The summed E-state index contributed by atoms with van der Waals surface area (Å²) in [5, 5.41) is 2.88. The predicted octanol–water partition coefficient (Wildman–Crippen LogP) is 1.55. The van der Waals surface area contributed by atoms with E-state index in [1.807, 2.05) is 13.8 Å². The summed E-state index contributed by atoms with van der Waals surface area (Å²) in [5.74, 6) is 1.09. The van der Waals surface area contributed by atoms with Crippen molar-refractivity contribution in [1.29, 1.82) is 0 Å². The highest BCUT2D eigenvalue weighted by Gasteiger charge is 2.47. The molecule has 4 nitrogen and oxygen atoms in total. The van der Waals surface area contributed by atoms with Crippen molar-refractivity contribution in [3.63, 3.8) is 0 Å². The lowest BCUT2D eigenvalue weighted by Gasteiger charge is -2.44. The zero-order valence-electron chi connectivity index (χ0n) is 11.8. The van der Waals surface area contributed by atoms with E-state index in [2.05, 4.69) is 19.2 Å². The minimum absolute atomic E-state index is 0.0200. The second kappa shape index (κ2) is 4.56. The van der Waals surface area contributed by atoms with E-state index in [1.165, 1.54) is 12.8 Å². The SMILES string of the molecule is CC(C)CC1NC(=O)C(C)(C)N(CC2CC2)C1=O. The Labute approximate surface area is 109 Å². The van der Waals surface area contributed by atoms with Gasteiger partial charge in [-0.3, -0.25) is 9.59 Å². The van der Waals surface area contributed by atoms with Gasteiger partial charge in [0, 0.05) is 6.54 Å². The van der Waals surface area contributed by atoms with E-state index in [0.717, 1.165) is 13.0 Å². The molecule has 4 heteroatoms. The third-order valence-corrected chi connectivity index (χ3v) is 3.94. The first-order valence-electron chi connectivity index (χ1n) is 6.94. The molecular weight excluding hydrogens is 228 g/mol. The minimum atomic E-state index is -0.701. The number of hydrogen-bond acceptors (Lipinski definition) is 2. The number of carbonyl (C=O) groups excluding carboxylic acids is 2. The highest BCUT2D eigenvalue weighted by molar-refractivity contribution is 5.99. The van der Waals surface area contributed by atoms with Crippen LogP contribution in [0.5, 0.6) is 0 Å². The van der Waals surface area contributed by atoms with Crippen LogP contribution in [0.15, 0.2) is 0 Å². The molecule has 1 saturated carbocycles. The summed E-state index contributed by atoms with van der Waals surface area (Å²) in [4.78, 5) is 26.5. The Kier molecular flexibility index (Phi) is 3.39. The Balaban J connectivity index is 2.15. The van der Waals surface area contributed by atoms with Crippen LogP contribution in [0.3, 0.4) is 0 Å². The molecule has 0 aromatic rings. The monoisotopic (exact) mass is 252 g/mol. The molecule has 0 radical (unpaired) electrons.